The van der Waals surface area contributed by atoms with Crippen LogP contribution >= 0.6 is 0 Å². The van der Waals surface area contributed by atoms with Crippen molar-refractivity contribution in [2.45, 2.75) is 53.5 Å². The Morgan fingerprint density at radius 2 is 1.44 bits per heavy atom. The maximum absolute atomic E-state index is 10.7. The summed E-state index contributed by atoms with van der Waals surface area (Å²) < 4.78 is 23.3. The lowest BCUT2D eigenvalue weighted by molar-refractivity contribution is -0.118. The fourth-order valence-electron chi connectivity index (χ4n) is 1.95. The lowest BCUT2D eigenvalue weighted by Crippen LogP contribution is -2.13. The predicted molar refractivity (Wildman–Crippen MR) is 104 cm³/mol. The third-order valence-electron chi connectivity index (χ3n) is 3.27. The van der Waals surface area contributed by atoms with E-state index >= 15 is 0 Å². The first-order valence-electron chi connectivity index (χ1n) is 9.91. The Balaban J connectivity index is 0.00000326. The van der Waals surface area contributed by atoms with Crippen LogP contribution in [0.1, 0.15) is 46.2 Å². The molecule has 0 saturated carbocycles. The van der Waals surface area contributed by atoms with Crippen LogP contribution in [-0.2, 0) is 36.7 Å². The zero-order chi connectivity index (χ0) is 20.2. The van der Waals surface area contributed by atoms with E-state index < -0.39 is 0 Å². The summed E-state index contributed by atoms with van der Waals surface area (Å²) in [6.45, 7) is 12.6. The molecule has 0 fully saturated rings. The summed E-state index contributed by atoms with van der Waals surface area (Å²) in [5.41, 5.74) is 1.02. The number of aromatic nitrogens is 3. The van der Waals surface area contributed by atoms with Crippen LogP contribution in [0.5, 0.6) is 0 Å². The first-order valence-corrected chi connectivity index (χ1v) is 9.91. The smallest absolute Gasteiger partial charge is 0.132 e. The summed E-state index contributed by atoms with van der Waals surface area (Å²) in [6.07, 6.45) is 4.45. The van der Waals surface area contributed by atoms with E-state index in [9.17, 15) is 4.79 Å². The molecule has 1 aromatic heterocycles. The molecule has 0 aromatic carbocycles. The number of carbonyl (C=O) groups excluding carboxylic acids is 1. The van der Waals surface area contributed by atoms with Gasteiger partial charge in [-0.15, -0.1) is 5.10 Å². The van der Waals surface area contributed by atoms with Crippen molar-refractivity contribution >= 4 is 5.78 Å². The molecule has 0 atom stereocenters. The number of hydrogen-bond donors (Lipinski definition) is 0. The Morgan fingerprint density at radius 3 is 1.96 bits per heavy atom. The Bertz CT molecular complexity index is 454. The van der Waals surface area contributed by atoms with E-state index in [1.54, 1.807) is 11.6 Å². The quantitative estimate of drug-likeness (QED) is 0.379. The third kappa shape index (κ3) is 16.5. The highest BCUT2D eigenvalue weighted by atomic mass is 16.6. The molecule has 0 aliphatic rings. The molecule has 1 heterocycles. The van der Waals surface area contributed by atoms with E-state index in [1.165, 1.54) is 0 Å². The van der Waals surface area contributed by atoms with Crippen LogP contribution in [0, 0.1) is 0 Å². The van der Waals surface area contributed by atoms with Crippen LogP contribution in [0.15, 0.2) is 6.20 Å². The molecule has 0 bridgehead atoms. The van der Waals surface area contributed by atoms with Crippen molar-refractivity contribution in [3.8, 4) is 0 Å². The van der Waals surface area contributed by atoms with Gasteiger partial charge in [-0.1, -0.05) is 32.4 Å². The Hall–Kier alpha value is -1.35. The molecule has 158 valence electrons. The molecule has 0 saturated heterocycles. The summed E-state index contributed by atoms with van der Waals surface area (Å²) in [7, 11) is 0. The van der Waals surface area contributed by atoms with Crippen molar-refractivity contribution in [2.75, 3.05) is 52.9 Å². The summed E-state index contributed by atoms with van der Waals surface area (Å²) >= 11 is 0. The second-order valence-electron chi connectivity index (χ2n) is 5.62. The van der Waals surface area contributed by atoms with Crippen LogP contribution < -0.4 is 0 Å². The van der Waals surface area contributed by atoms with E-state index in [0.717, 1.165) is 18.5 Å². The summed E-state index contributed by atoms with van der Waals surface area (Å²) in [5, 5.41) is 8.14. The maximum Gasteiger partial charge on any atom is 0.132 e. The van der Waals surface area contributed by atoms with Crippen molar-refractivity contribution in [2.24, 2.45) is 0 Å². The molecule has 0 unspecified atom stereocenters. The normalized spacial score (nSPS) is 10.5. The minimum absolute atomic E-state index is 0.138. The van der Waals surface area contributed by atoms with Crippen molar-refractivity contribution in [3.63, 3.8) is 0 Å². The summed E-state index contributed by atoms with van der Waals surface area (Å²) in [4.78, 5) is 10.7. The fraction of sp³-hybridized carbons (Fsp3) is 0.842. The molecule has 27 heavy (non-hydrogen) atoms. The van der Waals surface area contributed by atoms with Gasteiger partial charge in [-0.25, -0.2) is 4.68 Å². The van der Waals surface area contributed by atoms with Gasteiger partial charge in [0.2, 0.25) is 0 Å². The second kappa shape index (κ2) is 19.4. The van der Waals surface area contributed by atoms with Gasteiger partial charge < -0.3 is 18.9 Å². The standard InChI is InChI=1S/C17H31N3O5.C2H6/c1-3-4-17-15-20(19-18-17)6-8-23-10-12-25-14-13-24-11-9-22-7-5-16(2)21;1-2/h15H,3-14H2,1-2H3;1-2H3. The summed E-state index contributed by atoms with van der Waals surface area (Å²) in [5.74, 6) is 0.138. The Labute approximate surface area is 163 Å². The Morgan fingerprint density at radius 1 is 0.926 bits per heavy atom. The maximum atomic E-state index is 10.7. The lowest BCUT2D eigenvalue weighted by Gasteiger charge is -2.07. The van der Waals surface area contributed by atoms with Gasteiger partial charge in [0, 0.05) is 12.6 Å². The van der Waals surface area contributed by atoms with Crippen LogP contribution in [0.2, 0.25) is 0 Å². The zero-order valence-electron chi connectivity index (χ0n) is 17.4. The topological polar surface area (TPSA) is 84.7 Å². The number of rotatable bonds is 17. The predicted octanol–water partition coefficient (Wildman–Crippen LogP) is 2.30. The molecule has 1 rings (SSSR count). The van der Waals surface area contributed by atoms with Crippen LogP contribution in [0.3, 0.4) is 0 Å². The molecule has 0 radical (unpaired) electrons. The third-order valence-corrected chi connectivity index (χ3v) is 3.27. The number of hydrogen-bond acceptors (Lipinski definition) is 7. The number of ether oxygens (including phenoxy) is 4. The van der Waals surface area contributed by atoms with Gasteiger partial charge in [0.05, 0.1) is 65.1 Å². The van der Waals surface area contributed by atoms with Gasteiger partial charge in [-0.05, 0) is 13.3 Å². The highest BCUT2D eigenvalue weighted by Gasteiger charge is 1.99. The highest BCUT2D eigenvalue weighted by Crippen LogP contribution is 1.97. The number of carbonyl (C=O) groups is 1. The van der Waals surface area contributed by atoms with Crippen molar-refractivity contribution in [1.82, 2.24) is 15.0 Å². The van der Waals surface area contributed by atoms with Crippen molar-refractivity contribution in [3.05, 3.63) is 11.9 Å². The van der Waals surface area contributed by atoms with Gasteiger partial charge in [-0.3, -0.25) is 4.79 Å². The number of ketones is 1. The average molecular weight is 388 g/mol. The van der Waals surface area contributed by atoms with Gasteiger partial charge in [0.25, 0.3) is 0 Å². The highest BCUT2D eigenvalue weighted by molar-refractivity contribution is 5.75. The van der Waals surface area contributed by atoms with E-state index in [-0.39, 0.29) is 5.78 Å². The Kier molecular flexibility index (Phi) is 18.4. The molecular formula is C19H37N3O5. The van der Waals surface area contributed by atoms with E-state index in [2.05, 4.69) is 17.2 Å². The number of Topliss-reactive ketones (excluding diaryl/α,β-unsaturated/α-hetero) is 1. The van der Waals surface area contributed by atoms with Gasteiger partial charge in [0.1, 0.15) is 5.78 Å². The SMILES string of the molecule is CC.CCCc1cn(CCOCCOCCOCCOCCC(C)=O)nn1. The fourth-order valence-corrected chi connectivity index (χ4v) is 1.95. The van der Waals surface area contributed by atoms with Crippen LogP contribution in [-0.4, -0.2) is 73.6 Å². The molecule has 0 aliphatic carbocycles. The largest absolute Gasteiger partial charge is 0.379 e. The van der Waals surface area contributed by atoms with Gasteiger partial charge in [-0.2, -0.15) is 0 Å². The second-order valence-corrected chi connectivity index (χ2v) is 5.62. The van der Waals surface area contributed by atoms with Crippen molar-refractivity contribution < 1.29 is 23.7 Å². The average Bonchev–Trinajstić information content (AvgIpc) is 3.11. The van der Waals surface area contributed by atoms with Crippen molar-refractivity contribution in [1.29, 1.82) is 0 Å². The lowest BCUT2D eigenvalue weighted by atomic mass is 10.3. The van der Waals surface area contributed by atoms with Crippen LogP contribution in [0.4, 0.5) is 0 Å². The minimum atomic E-state index is 0.138. The zero-order valence-corrected chi connectivity index (χ0v) is 17.4. The number of aryl methyl sites for hydroxylation is 1. The molecule has 8 nitrogen and oxygen atoms in total. The minimum Gasteiger partial charge on any atom is -0.379 e. The molecule has 0 N–H and O–H groups in total. The van der Waals surface area contributed by atoms with Gasteiger partial charge in [0.15, 0.2) is 0 Å². The monoisotopic (exact) mass is 387 g/mol. The molecule has 1 aromatic rings. The molecule has 0 spiro atoms. The summed E-state index contributed by atoms with van der Waals surface area (Å²) in [6, 6.07) is 0. The first kappa shape index (κ1) is 25.6. The van der Waals surface area contributed by atoms with E-state index in [4.69, 9.17) is 18.9 Å². The molecule has 0 aliphatic heterocycles. The first-order chi connectivity index (χ1) is 13.2. The van der Waals surface area contributed by atoms with E-state index in [1.807, 2.05) is 20.0 Å². The molecule has 0 amide bonds. The van der Waals surface area contributed by atoms with E-state index in [0.29, 0.717) is 65.8 Å². The molecular weight excluding hydrogens is 350 g/mol. The van der Waals surface area contributed by atoms with Crippen LogP contribution in [0.25, 0.3) is 0 Å². The number of nitrogens with zero attached hydrogens (tertiary/aromatic N) is 3. The molecule has 8 heteroatoms. The van der Waals surface area contributed by atoms with Gasteiger partial charge >= 0.3 is 0 Å².